The summed E-state index contributed by atoms with van der Waals surface area (Å²) in [6.07, 6.45) is 4.17. The molecule has 0 bridgehead atoms. The van der Waals surface area contributed by atoms with Gasteiger partial charge >= 0.3 is 0 Å². The minimum absolute atomic E-state index is 0.473. The highest BCUT2D eigenvalue weighted by Crippen LogP contribution is 2.20. The molecule has 0 spiro atoms. The lowest BCUT2D eigenvalue weighted by Gasteiger charge is -2.20. The van der Waals surface area contributed by atoms with Gasteiger partial charge in [0.25, 0.3) is 0 Å². The molecule has 0 aliphatic rings. The minimum Gasteiger partial charge on any atom is -0.310 e. The number of hydrogen-bond donors (Lipinski definition) is 1. The molecule has 1 N–H and O–H groups in total. The highest BCUT2D eigenvalue weighted by molar-refractivity contribution is 5.18. The summed E-state index contributed by atoms with van der Waals surface area (Å²) < 4.78 is 0. The Kier molecular flexibility index (Phi) is 5.87. The van der Waals surface area contributed by atoms with Gasteiger partial charge in [-0.2, -0.15) is 0 Å². The van der Waals surface area contributed by atoms with Crippen molar-refractivity contribution in [3.05, 3.63) is 48.6 Å². The lowest BCUT2D eigenvalue weighted by atomic mass is 9.97. The summed E-state index contributed by atoms with van der Waals surface area (Å²) >= 11 is 0. The summed E-state index contributed by atoms with van der Waals surface area (Å²) in [5.41, 5.74) is 1.39. The first-order valence-corrected chi connectivity index (χ1v) is 6.13. The van der Waals surface area contributed by atoms with Crippen LogP contribution in [0.2, 0.25) is 0 Å². The zero-order valence-corrected chi connectivity index (χ0v) is 10.4. The van der Waals surface area contributed by atoms with Gasteiger partial charge < -0.3 is 5.32 Å². The van der Waals surface area contributed by atoms with Crippen molar-refractivity contribution in [1.82, 2.24) is 5.32 Å². The topological polar surface area (TPSA) is 12.0 Å². The largest absolute Gasteiger partial charge is 0.310 e. The van der Waals surface area contributed by atoms with Crippen molar-refractivity contribution >= 4 is 0 Å². The second-order valence-corrected chi connectivity index (χ2v) is 4.62. The molecule has 1 rings (SSSR count). The van der Waals surface area contributed by atoms with E-state index in [4.69, 9.17) is 0 Å². The fourth-order valence-electron chi connectivity index (χ4n) is 1.85. The Hall–Kier alpha value is -1.08. The van der Waals surface area contributed by atoms with Gasteiger partial charge in [-0.05, 0) is 30.9 Å². The molecular weight excluding hydrogens is 194 g/mol. The molecule has 0 aliphatic carbocycles. The first kappa shape index (κ1) is 13.0. The molecule has 88 valence electrons. The fourth-order valence-corrected chi connectivity index (χ4v) is 1.85. The van der Waals surface area contributed by atoms with Crippen LogP contribution in [0.1, 0.15) is 38.3 Å². The van der Waals surface area contributed by atoms with Crippen LogP contribution in [0.4, 0.5) is 0 Å². The summed E-state index contributed by atoms with van der Waals surface area (Å²) in [6.45, 7) is 9.30. The third-order valence-electron chi connectivity index (χ3n) is 2.65. The van der Waals surface area contributed by atoms with Crippen LogP contribution in [0.15, 0.2) is 43.0 Å². The second-order valence-electron chi connectivity index (χ2n) is 4.62. The van der Waals surface area contributed by atoms with Crippen molar-refractivity contribution in [1.29, 1.82) is 0 Å². The maximum atomic E-state index is 3.75. The van der Waals surface area contributed by atoms with E-state index in [1.165, 1.54) is 12.0 Å². The van der Waals surface area contributed by atoms with Crippen LogP contribution in [-0.4, -0.2) is 6.54 Å². The van der Waals surface area contributed by atoms with Crippen LogP contribution in [0.5, 0.6) is 0 Å². The molecule has 0 amide bonds. The molecule has 0 saturated heterocycles. The molecule has 0 aromatic heterocycles. The highest BCUT2D eigenvalue weighted by atomic mass is 14.9. The van der Waals surface area contributed by atoms with E-state index in [1.54, 1.807) is 0 Å². The van der Waals surface area contributed by atoms with Gasteiger partial charge in [0.1, 0.15) is 0 Å². The summed E-state index contributed by atoms with van der Waals surface area (Å²) in [5.74, 6) is 0.710. The Balaban J connectivity index is 2.60. The maximum absolute atomic E-state index is 3.75. The van der Waals surface area contributed by atoms with Crippen LogP contribution in [-0.2, 0) is 0 Å². The smallest absolute Gasteiger partial charge is 0.0322 e. The minimum atomic E-state index is 0.473. The zero-order chi connectivity index (χ0) is 11.8. The van der Waals surface area contributed by atoms with Gasteiger partial charge in [0.2, 0.25) is 0 Å². The molecule has 1 atom stereocenters. The van der Waals surface area contributed by atoms with E-state index in [0.29, 0.717) is 12.0 Å². The van der Waals surface area contributed by atoms with Crippen LogP contribution >= 0.6 is 0 Å². The Morgan fingerprint density at radius 2 is 1.94 bits per heavy atom. The van der Waals surface area contributed by atoms with Gasteiger partial charge in [-0.15, -0.1) is 6.58 Å². The summed E-state index contributed by atoms with van der Waals surface area (Å²) in [7, 11) is 0. The molecule has 1 aromatic rings. The molecule has 1 heteroatoms. The molecule has 0 heterocycles. The van der Waals surface area contributed by atoms with E-state index in [1.807, 2.05) is 6.08 Å². The lowest BCUT2D eigenvalue weighted by molar-refractivity contribution is 0.433. The first-order valence-electron chi connectivity index (χ1n) is 6.13. The lowest BCUT2D eigenvalue weighted by Crippen LogP contribution is -2.23. The van der Waals surface area contributed by atoms with E-state index in [9.17, 15) is 0 Å². The van der Waals surface area contributed by atoms with Crippen molar-refractivity contribution in [3.63, 3.8) is 0 Å². The standard InChI is InChI=1S/C15H23N/c1-4-5-11-16-15(12-13(2)3)14-9-7-6-8-10-14/h4,6-10,13,15-16H,1,5,11-12H2,2-3H3. The summed E-state index contributed by atoms with van der Waals surface area (Å²) in [6, 6.07) is 11.2. The van der Waals surface area contributed by atoms with Gasteiger partial charge in [0.15, 0.2) is 0 Å². The van der Waals surface area contributed by atoms with Crippen molar-refractivity contribution in [3.8, 4) is 0 Å². The molecule has 0 radical (unpaired) electrons. The molecular formula is C15H23N. The average Bonchev–Trinajstić information content (AvgIpc) is 2.29. The maximum Gasteiger partial charge on any atom is 0.0322 e. The Labute approximate surface area is 99.6 Å². The second kappa shape index (κ2) is 7.24. The van der Waals surface area contributed by atoms with E-state index >= 15 is 0 Å². The highest BCUT2D eigenvalue weighted by Gasteiger charge is 2.11. The fraction of sp³-hybridized carbons (Fsp3) is 0.467. The Morgan fingerprint density at radius 3 is 2.50 bits per heavy atom. The molecule has 0 aliphatic heterocycles. The number of benzene rings is 1. The average molecular weight is 217 g/mol. The van der Waals surface area contributed by atoms with Gasteiger partial charge in [-0.3, -0.25) is 0 Å². The van der Waals surface area contributed by atoms with Crippen LogP contribution in [0.3, 0.4) is 0 Å². The van der Waals surface area contributed by atoms with E-state index in [0.717, 1.165) is 13.0 Å². The third kappa shape index (κ3) is 4.63. The number of hydrogen-bond acceptors (Lipinski definition) is 1. The van der Waals surface area contributed by atoms with Crippen LogP contribution in [0, 0.1) is 5.92 Å². The predicted octanol–water partition coefficient (Wildman–Crippen LogP) is 3.94. The molecule has 0 saturated carbocycles. The summed E-state index contributed by atoms with van der Waals surface area (Å²) in [5, 5.41) is 3.60. The summed E-state index contributed by atoms with van der Waals surface area (Å²) in [4.78, 5) is 0. The molecule has 1 nitrogen and oxygen atoms in total. The van der Waals surface area contributed by atoms with Crippen molar-refractivity contribution < 1.29 is 0 Å². The zero-order valence-electron chi connectivity index (χ0n) is 10.4. The monoisotopic (exact) mass is 217 g/mol. The quantitative estimate of drug-likeness (QED) is 0.539. The normalized spacial score (nSPS) is 12.7. The molecule has 1 unspecified atom stereocenters. The van der Waals surface area contributed by atoms with Crippen LogP contribution < -0.4 is 5.32 Å². The van der Waals surface area contributed by atoms with Crippen molar-refractivity contribution in [2.75, 3.05) is 6.54 Å². The van der Waals surface area contributed by atoms with Gasteiger partial charge in [0, 0.05) is 6.04 Å². The van der Waals surface area contributed by atoms with E-state index in [-0.39, 0.29) is 0 Å². The Bertz CT molecular complexity index is 290. The predicted molar refractivity (Wildman–Crippen MR) is 71.5 cm³/mol. The third-order valence-corrected chi connectivity index (χ3v) is 2.65. The van der Waals surface area contributed by atoms with Gasteiger partial charge in [-0.25, -0.2) is 0 Å². The Morgan fingerprint density at radius 1 is 1.25 bits per heavy atom. The first-order chi connectivity index (χ1) is 7.74. The molecule has 1 aromatic carbocycles. The van der Waals surface area contributed by atoms with Gasteiger partial charge in [-0.1, -0.05) is 50.3 Å². The number of rotatable bonds is 7. The number of nitrogens with one attached hydrogen (secondary N) is 1. The van der Waals surface area contributed by atoms with E-state index in [2.05, 4.69) is 56.1 Å². The van der Waals surface area contributed by atoms with E-state index < -0.39 is 0 Å². The van der Waals surface area contributed by atoms with Crippen LogP contribution in [0.25, 0.3) is 0 Å². The van der Waals surface area contributed by atoms with Crippen molar-refractivity contribution in [2.24, 2.45) is 5.92 Å². The van der Waals surface area contributed by atoms with Crippen molar-refractivity contribution in [2.45, 2.75) is 32.7 Å². The SMILES string of the molecule is C=CCCNC(CC(C)C)c1ccccc1. The molecule has 0 fully saturated rings. The van der Waals surface area contributed by atoms with Gasteiger partial charge in [0.05, 0.1) is 0 Å². The molecule has 16 heavy (non-hydrogen) atoms.